The fourth-order valence-corrected chi connectivity index (χ4v) is 2.23. The largest absolute Gasteiger partial charge is 0.329 e. The summed E-state index contributed by atoms with van der Waals surface area (Å²) in [6, 6.07) is 4.74. The van der Waals surface area contributed by atoms with E-state index in [4.69, 9.17) is 0 Å². The first-order chi connectivity index (χ1) is 9.04. The molecule has 0 saturated carbocycles. The number of rotatable bonds is 4. The summed E-state index contributed by atoms with van der Waals surface area (Å²) in [5.41, 5.74) is 0.184. The summed E-state index contributed by atoms with van der Waals surface area (Å²) in [7, 11) is 0. The summed E-state index contributed by atoms with van der Waals surface area (Å²) < 4.78 is 15.8. The summed E-state index contributed by atoms with van der Waals surface area (Å²) in [6.45, 7) is 7.00. The Hall–Kier alpha value is -1.71. The second-order valence-electron chi connectivity index (χ2n) is 5.15. The van der Waals surface area contributed by atoms with Gasteiger partial charge in [0.05, 0.1) is 5.52 Å². The van der Waals surface area contributed by atoms with Gasteiger partial charge in [0.2, 0.25) is 0 Å². The van der Waals surface area contributed by atoms with Crippen LogP contribution in [0.15, 0.2) is 23.0 Å². The van der Waals surface area contributed by atoms with E-state index in [1.54, 1.807) is 12.1 Å². The lowest BCUT2D eigenvalue weighted by atomic mass is 10.1. The average molecular weight is 262 g/mol. The third kappa shape index (κ3) is 2.67. The predicted octanol–water partition coefficient (Wildman–Crippen LogP) is 3.14. The molecule has 1 aromatic heterocycles. The number of halogens is 1. The highest BCUT2D eigenvalue weighted by Gasteiger charge is 2.12. The van der Waals surface area contributed by atoms with Gasteiger partial charge in [0, 0.05) is 13.0 Å². The fourth-order valence-electron chi connectivity index (χ4n) is 2.23. The summed E-state index contributed by atoms with van der Waals surface area (Å²) in [6.07, 6.45) is 1.64. The van der Waals surface area contributed by atoms with Gasteiger partial charge in [-0.3, -0.25) is 4.79 Å². The zero-order valence-electron chi connectivity index (χ0n) is 11.6. The van der Waals surface area contributed by atoms with Crippen molar-refractivity contribution in [3.05, 3.63) is 40.2 Å². The minimum Gasteiger partial charge on any atom is -0.329 e. The van der Waals surface area contributed by atoms with Gasteiger partial charge in [-0.1, -0.05) is 26.8 Å². The predicted molar refractivity (Wildman–Crippen MR) is 74.8 cm³/mol. The third-order valence-electron chi connectivity index (χ3n) is 3.28. The van der Waals surface area contributed by atoms with Crippen LogP contribution in [0.25, 0.3) is 10.9 Å². The van der Waals surface area contributed by atoms with Gasteiger partial charge in [0.25, 0.3) is 5.56 Å². The Bertz CT molecular complexity index is 646. The molecular weight excluding hydrogens is 243 g/mol. The molecule has 0 aliphatic heterocycles. The SMILES string of the molecule is CCc1nc(=O)c2c(F)cccc2n1CCC(C)C. The molecule has 2 aromatic rings. The van der Waals surface area contributed by atoms with Gasteiger partial charge in [-0.15, -0.1) is 0 Å². The maximum Gasteiger partial charge on any atom is 0.283 e. The van der Waals surface area contributed by atoms with E-state index in [1.165, 1.54) is 6.07 Å². The second-order valence-corrected chi connectivity index (χ2v) is 5.15. The molecule has 0 fully saturated rings. The molecule has 0 spiro atoms. The highest BCUT2D eigenvalue weighted by molar-refractivity contribution is 5.78. The van der Waals surface area contributed by atoms with Crippen LogP contribution < -0.4 is 5.56 Å². The van der Waals surface area contributed by atoms with Crippen molar-refractivity contribution in [2.45, 2.75) is 40.2 Å². The molecule has 0 bridgehead atoms. The lowest BCUT2D eigenvalue weighted by Gasteiger charge is -2.16. The molecule has 0 atom stereocenters. The van der Waals surface area contributed by atoms with Crippen molar-refractivity contribution in [3.63, 3.8) is 0 Å². The quantitative estimate of drug-likeness (QED) is 0.848. The van der Waals surface area contributed by atoms with Gasteiger partial charge in [0.1, 0.15) is 17.0 Å². The lowest BCUT2D eigenvalue weighted by Crippen LogP contribution is -2.20. The molecule has 102 valence electrons. The second kappa shape index (κ2) is 5.51. The van der Waals surface area contributed by atoms with E-state index in [0.717, 1.165) is 18.8 Å². The maximum absolute atomic E-state index is 13.8. The van der Waals surface area contributed by atoms with Crippen molar-refractivity contribution in [1.29, 1.82) is 0 Å². The molecule has 19 heavy (non-hydrogen) atoms. The molecule has 3 nitrogen and oxygen atoms in total. The van der Waals surface area contributed by atoms with Crippen LogP contribution in [-0.4, -0.2) is 9.55 Å². The first kappa shape index (κ1) is 13.7. The molecule has 1 heterocycles. The Morgan fingerprint density at radius 2 is 2.11 bits per heavy atom. The number of fused-ring (bicyclic) bond motifs is 1. The Labute approximate surface area is 112 Å². The Balaban J connectivity index is 2.68. The third-order valence-corrected chi connectivity index (χ3v) is 3.28. The smallest absolute Gasteiger partial charge is 0.283 e. The Morgan fingerprint density at radius 3 is 2.74 bits per heavy atom. The van der Waals surface area contributed by atoms with E-state index in [1.807, 2.05) is 11.5 Å². The molecule has 1 aromatic carbocycles. The number of hydrogen-bond donors (Lipinski definition) is 0. The van der Waals surface area contributed by atoms with Gasteiger partial charge in [0.15, 0.2) is 0 Å². The van der Waals surface area contributed by atoms with Crippen LogP contribution in [0.4, 0.5) is 4.39 Å². The summed E-state index contributed by atoms with van der Waals surface area (Å²) in [4.78, 5) is 15.9. The van der Waals surface area contributed by atoms with Crippen LogP contribution in [0.3, 0.4) is 0 Å². The molecule has 0 aliphatic rings. The van der Waals surface area contributed by atoms with Gasteiger partial charge in [-0.05, 0) is 24.5 Å². The summed E-state index contributed by atoms with van der Waals surface area (Å²) >= 11 is 0. The monoisotopic (exact) mass is 262 g/mol. The minimum atomic E-state index is -0.490. The molecule has 0 amide bonds. The number of hydrogen-bond acceptors (Lipinski definition) is 2. The maximum atomic E-state index is 13.8. The molecular formula is C15H19FN2O. The molecule has 0 saturated heterocycles. The van der Waals surface area contributed by atoms with Crippen LogP contribution in [0.2, 0.25) is 0 Å². The molecule has 0 radical (unpaired) electrons. The Morgan fingerprint density at radius 1 is 1.37 bits per heavy atom. The van der Waals surface area contributed by atoms with E-state index in [0.29, 0.717) is 17.9 Å². The van der Waals surface area contributed by atoms with E-state index >= 15 is 0 Å². The van der Waals surface area contributed by atoms with Crippen molar-refractivity contribution in [2.24, 2.45) is 5.92 Å². The minimum absolute atomic E-state index is 0.100. The van der Waals surface area contributed by atoms with E-state index in [9.17, 15) is 9.18 Å². The normalized spacial score (nSPS) is 11.4. The van der Waals surface area contributed by atoms with Crippen molar-refractivity contribution in [2.75, 3.05) is 0 Å². The highest BCUT2D eigenvalue weighted by atomic mass is 19.1. The van der Waals surface area contributed by atoms with Crippen LogP contribution in [-0.2, 0) is 13.0 Å². The highest BCUT2D eigenvalue weighted by Crippen LogP contribution is 2.17. The lowest BCUT2D eigenvalue weighted by molar-refractivity contribution is 0.507. The Kier molecular flexibility index (Phi) is 3.98. The van der Waals surface area contributed by atoms with Gasteiger partial charge < -0.3 is 4.57 Å². The summed E-state index contributed by atoms with van der Waals surface area (Å²) in [5.74, 6) is 0.785. The molecule has 2 rings (SSSR count). The molecule has 0 unspecified atom stereocenters. The van der Waals surface area contributed by atoms with Crippen LogP contribution in [0.1, 0.15) is 33.0 Å². The zero-order chi connectivity index (χ0) is 14.0. The first-order valence-electron chi connectivity index (χ1n) is 6.72. The zero-order valence-corrected chi connectivity index (χ0v) is 11.6. The fraction of sp³-hybridized carbons (Fsp3) is 0.467. The van der Waals surface area contributed by atoms with E-state index in [-0.39, 0.29) is 5.39 Å². The van der Waals surface area contributed by atoms with Crippen molar-refractivity contribution in [1.82, 2.24) is 9.55 Å². The van der Waals surface area contributed by atoms with Gasteiger partial charge >= 0.3 is 0 Å². The van der Waals surface area contributed by atoms with Crippen molar-refractivity contribution in [3.8, 4) is 0 Å². The number of aromatic nitrogens is 2. The topological polar surface area (TPSA) is 34.9 Å². The van der Waals surface area contributed by atoms with E-state index < -0.39 is 11.4 Å². The van der Waals surface area contributed by atoms with Gasteiger partial charge in [-0.25, -0.2) is 4.39 Å². The van der Waals surface area contributed by atoms with Crippen LogP contribution >= 0.6 is 0 Å². The van der Waals surface area contributed by atoms with Crippen LogP contribution in [0, 0.1) is 11.7 Å². The summed E-state index contributed by atoms with van der Waals surface area (Å²) in [5, 5.41) is 0.100. The van der Waals surface area contributed by atoms with Crippen molar-refractivity contribution < 1.29 is 4.39 Å². The van der Waals surface area contributed by atoms with E-state index in [2.05, 4.69) is 18.8 Å². The van der Waals surface area contributed by atoms with Gasteiger partial charge in [-0.2, -0.15) is 4.98 Å². The molecule has 0 aliphatic carbocycles. The first-order valence-corrected chi connectivity index (χ1v) is 6.72. The number of nitrogens with zero attached hydrogens (tertiary/aromatic N) is 2. The van der Waals surface area contributed by atoms with Crippen LogP contribution in [0.5, 0.6) is 0 Å². The number of aryl methyl sites for hydroxylation is 2. The van der Waals surface area contributed by atoms with Crippen molar-refractivity contribution >= 4 is 10.9 Å². The number of benzene rings is 1. The standard InChI is InChI=1S/C15H19FN2O/c1-4-13-17-15(19)14-11(16)6-5-7-12(14)18(13)9-8-10(2)3/h5-7,10H,4,8-9H2,1-3H3. The molecule has 0 N–H and O–H groups in total. The molecule has 4 heteroatoms. The average Bonchev–Trinajstić information content (AvgIpc) is 2.36.